The van der Waals surface area contributed by atoms with Crippen LogP contribution in [0.25, 0.3) is 0 Å². The third kappa shape index (κ3) is 3.46. The summed E-state index contributed by atoms with van der Waals surface area (Å²) in [5.74, 6) is 0.745. The van der Waals surface area contributed by atoms with Crippen molar-refractivity contribution >= 4 is 5.97 Å². The second kappa shape index (κ2) is 6.98. The van der Waals surface area contributed by atoms with E-state index in [1.54, 1.807) is 0 Å². The Balaban J connectivity index is 1.54. The maximum atomic E-state index is 11.6. The van der Waals surface area contributed by atoms with E-state index in [4.69, 9.17) is 9.47 Å². The standard InChI is InChI=1S/C24H34O5/c1-22(2)18-9-12-24(4,27)19(23(18,3)11-10-20(22)25)14-28-16-7-5-15-6-8-21(26)29-17(15)13-16/h5-7,13,17-20,25,27H,8-12,14H2,1-4H3/t17-,18-,19-,20+,23-,24+/m1/s1. The average Bonchev–Trinajstić information content (AvgIpc) is 2.64. The van der Waals surface area contributed by atoms with Gasteiger partial charge in [-0.1, -0.05) is 32.9 Å². The molecule has 0 aromatic heterocycles. The van der Waals surface area contributed by atoms with Gasteiger partial charge in [0, 0.05) is 12.0 Å². The molecule has 5 nitrogen and oxygen atoms in total. The molecule has 0 aromatic carbocycles. The molecule has 0 radical (unpaired) electrons. The number of ether oxygens (including phenoxy) is 2. The number of fused-ring (bicyclic) bond motifs is 2. The highest BCUT2D eigenvalue weighted by Crippen LogP contribution is 2.62. The molecule has 0 amide bonds. The fourth-order valence-electron chi connectivity index (χ4n) is 6.41. The minimum absolute atomic E-state index is 0.0410. The van der Waals surface area contributed by atoms with Crippen LogP contribution in [-0.2, 0) is 14.3 Å². The van der Waals surface area contributed by atoms with E-state index in [2.05, 4.69) is 20.8 Å². The molecule has 1 heterocycles. The first-order valence-corrected chi connectivity index (χ1v) is 10.9. The van der Waals surface area contributed by atoms with Gasteiger partial charge in [-0.2, -0.15) is 0 Å². The Morgan fingerprint density at radius 3 is 2.69 bits per heavy atom. The zero-order chi connectivity index (χ0) is 21.0. The summed E-state index contributed by atoms with van der Waals surface area (Å²) in [5.41, 5.74) is -0.116. The van der Waals surface area contributed by atoms with Crippen LogP contribution in [0.1, 0.15) is 59.8 Å². The highest BCUT2D eigenvalue weighted by Gasteiger charge is 2.60. The molecular weight excluding hydrogens is 368 g/mol. The van der Waals surface area contributed by atoms with Crippen molar-refractivity contribution in [3.8, 4) is 0 Å². The van der Waals surface area contributed by atoms with Crippen molar-refractivity contribution in [3.05, 3.63) is 35.6 Å². The van der Waals surface area contributed by atoms with Crippen LogP contribution < -0.4 is 0 Å². The molecule has 2 saturated carbocycles. The summed E-state index contributed by atoms with van der Waals surface area (Å²) < 4.78 is 11.6. The van der Waals surface area contributed by atoms with Crippen LogP contribution in [0.15, 0.2) is 35.6 Å². The lowest BCUT2D eigenvalue weighted by atomic mass is 9.45. The van der Waals surface area contributed by atoms with Crippen molar-refractivity contribution in [3.63, 3.8) is 0 Å². The molecule has 5 heteroatoms. The third-order valence-electron chi connectivity index (χ3n) is 8.26. The smallest absolute Gasteiger partial charge is 0.310 e. The predicted octanol–water partition coefficient (Wildman–Crippen LogP) is 3.66. The first-order valence-electron chi connectivity index (χ1n) is 10.9. The van der Waals surface area contributed by atoms with Crippen molar-refractivity contribution in [2.45, 2.75) is 77.6 Å². The predicted molar refractivity (Wildman–Crippen MR) is 110 cm³/mol. The number of rotatable bonds is 3. The normalized spacial score (nSPS) is 43.4. The number of hydrogen-bond donors (Lipinski definition) is 2. The SMILES string of the molecule is CC1(C)[C@H]2CC[C@](C)(O)[C@H](COC3=C[C@H]4OC(=O)CC=C4C=C3)[C@]2(C)CC[C@@H]1O. The van der Waals surface area contributed by atoms with Gasteiger partial charge in [0.1, 0.15) is 11.9 Å². The lowest BCUT2D eigenvalue weighted by molar-refractivity contribution is -0.204. The molecule has 0 aromatic rings. The molecule has 3 aliphatic carbocycles. The summed E-state index contributed by atoms with van der Waals surface area (Å²) in [5, 5.41) is 21.9. The summed E-state index contributed by atoms with van der Waals surface area (Å²) in [6, 6.07) is 0. The first-order chi connectivity index (χ1) is 13.5. The maximum Gasteiger partial charge on any atom is 0.310 e. The van der Waals surface area contributed by atoms with Gasteiger partial charge in [0.2, 0.25) is 0 Å². The van der Waals surface area contributed by atoms with E-state index in [1.165, 1.54) is 0 Å². The minimum atomic E-state index is -0.815. The molecule has 4 rings (SSSR count). The third-order valence-corrected chi connectivity index (χ3v) is 8.26. The number of hydrogen-bond acceptors (Lipinski definition) is 5. The van der Waals surface area contributed by atoms with E-state index in [-0.39, 0.29) is 34.9 Å². The second-order valence-electron chi connectivity index (χ2n) is 10.4. The first kappa shape index (κ1) is 20.7. The van der Waals surface area contributed by atoms with Crippen molar-refractivity contribution < 1.29 is 24.5 Å². The van der Waals surface area contributed by atoms with Crippen LogP contribution in [0.2, 0.25) is 0 Å². The molecule has 6 atom stereocenters. The van der Waals surface area contributed by atoms with Gasteiger partial charge in [-0.25, -0.2) is 0 Å². The second-order valence-corrected chi connectivity index (χ2v) is 10.4. The monoisotopic (exact) mass is 402 g/mol. The number of aliphatic hydroxyl groups is 2. The van der Waals surface area contributed by atoms with Crippen molar-refractivity contribution in [2.24, 2.45) is 22.7 Å². The highest BCUT2D eigenvalue weighted by molar-refractivity contribution is 5.74. The Hall–Kier alpha value is -1.59. The van der Waals surface area contributed by atoms with E-state index in [9.17, 15) is 15.0 Å². The van der Waals surface area contributed by atoms with Crippen LogP contribution in [0.3, 0.4) is 0 Å². The topological polar surface area (TPSA) is 76.0 Å². The molecule has 29 heavy (non-hydrogen) atoms. The van der Waals surface area contributed by atoms with Gasteiger partial charge < -0.3 is 19.7 Å². The zero-order valence-electron chi connectivity index (χ0n) is 18.0. The van der Waals surface area contributed by atoms with Gasteiger partial charge in [0.25, 0.3) is 0 Å². The number of esters is 1. The lowest BCUT2D eigenvalue weighted by Gasteiger charge is -2.62. The van der Waals surface area contributed by atoms with E-state index in [1.807, 2.05) is 31.2 Å². The fourth-order valence-corrected chi connectivity index (χ4v) is 6.41. The Morgan fingerprint density at radius 1 is 1.17 bits per heavy atom. The molecule has 4 aliphatic rings. The van der Waals surface area contributed by atoms with Crippen LogP contribution in [0.4, 0.5) is 0 Å². The molecule has 0 spiro atoms. The summed E-state index contributed by atoms with van der Waals surface area (Å²) in [4.78, 5) is 11.6. The van der Waals surface area contributed by atoms with Crippen molar-refractivity contribution in [1.82, 2.24) is 0 Å². The zero-order valence-corrected chi connectivity index (χ0v) is 18.0. The van der Waals surface area contributed by atoms with Crippen molar-refractivity contribution in [2.75, 3.05) is 6.61 Å². The largest absolute Gasteiger partial charge is 0.493 e. The van der Waals surface area contributed by atoms with Gasteiger partial charge in [0.15, 0.2) is 0 Å². The van der Waals surface area contributed by atoms with Gasteiger partial charge in [-0.05, 0) is 61.0 Å². The van der Waals surface area contributed by atoms with Crippen molar-refractivity contribution in [1.29, 1.82) is 0 Å². The van der Waals surface area contributed by atoms with Crippen LogP contribution in [-0.4, -0.2) is 40.6 Å². The molecule has 0 bridgehead atoms. The van der Waals surface area contributed by atoms with Crippen LogP contribution in [0, 0.1) is 22.7 Å². The summed E-state index contributed by atoms with van der Waals surface area (Å²) in [6.07, 6.45) is 10.5. The minimum Gasteiger partial charge on any atom is -0.493 e. The maximum absolute atomic E-state index is 11.6. The van der Waals surface area contributed by atoms with Gasteiger partial charge in [-0.15, -0.1) is 0 Å². The Bertz CT molecular complexity index is 774. The number of carbonyl (C=O) groups excluding carboxylic acids is 1. The van der Waals surface area contributed by atoms with Crippen LogP contribution >= 0.6 is 0 Å². The number of allylic oxidation sites excluding steroid dienone is 1. The molecule has 0 saturated heterocycles. The number of carbonyl (C=O) groups is 1. The Kier molecular flexibility index (Phi) is 4.98. The van der Waals surface area contributed by atoms with E-state index >= 15 is 0 Å². The van der Waals surface area contributed by atoms with E-state index in [0.717, 1.165) is 24.8 Å². The number of aliphatic hydroxyl groups excluding tert-OH is 1. The highest BCUT2D eigenvalue weighted by atomic mass is 16.5. The molecule has 0 unspecified atom stereocenters. The molecule has 160 valence electrons. The summed E-state index contributed by atoms with van der Waals surface area (Å²) in [7, 11) is 0. The molecule has 2 fully saturated rings. The molecular formula is C24H34O5. The lowest BCUT2D eigenvalue weighted by Crippen LogP contribution is -2.61. The fraction of sp³-hybridized carbons (Fsp3) is 0.708. The van der Waals surface area contributed by atoms with Gasteiger partial charge >= 0.3 is 5.97 Å². The van der Waals surface area contributed by atoms with Crippen LogP contribution in [0.5, 0.6) is 0 Å². The summed E-state index contributed by atoms with van der Waals surface area (Å²) in [6.45, 7) is 8.92. The summed E-state index contributed by atoms with van der Waals surface area (Å²) >= 11 is 0. The van der Waals surface area contributed by atoms with Gasteiger partial charge in [0.05, 0.1) is 24.7 Å². The Labute approximate surface area is 173 Å². The van der Waals surface area contributed by atoms with Gasteiger partial charge in [-0.3, -0.25) is 4.79 Å². The van der Waals surface area contributed by atoms with E-state index < -0.39 is 5.60 Å². The Morgan fingerprint density at radius 2 is 1.93 bits per heavy atom. The molecule has 2 N–H and O–H groups in total. The quantitative estimate of drug-likeness (QED) is 0.705. The van der Waals surface area contributed by atoms with E-state index in [0.29, 0.717) is 31.1 Å². The molecule has 1 aliphatic heterocycles. The average molecular weight is 403 g/mol.